The minimum absolute atomic E-state index is 0.0478. The van der Waals surface area contributed by atoms with Crippen LogP contribution in [-0.4, -0.2) is 11.9 Å². The molecule has 2 atom stereocenters. The van der Waals surface area contributed by atoms with E-state index in [0.29, 0.717) is 0 Å². The largest absolute Gasteiger partial charge is 0.351 e. The zero-order chi connectivity index (χ0) is 12.9. The van der Waals surface area contributed by atoms with Crippen molar-refractivity contribution in [2.24, 2.45) is 5.73 Å². The van der Waals surface area contributed by atoms with Gasteiger partial charge in [0, 0.05) is 6.04 Å². The third-order valence-electron chi connectivity index (χ3n) is 2.74. The average molecular weight is 232 g/mol. The zero-order valence-corrected chi connectivity index (χ0v) is 10.4. The van der Waals surface area contributed by atoms with Gasteiger partial charge in [0.25, 0.3) is 0 Å². The fraction of sp³-hybridized carbons (Fsp3) is 0.357. The van der Waals surface area contributed by atoms with Crippen molar-refractivity contribution >= 4 is 5.91 Å². The molecule has 1 rings (SSSR count). The van der Waals surface area contributed by atoms with Crippen LogP contribution in [0.3, 0.4) is 0 Å². The predicted molar refractivity (Wildman–Crippen MR) is 70.4 cm³/mol. The molecular formula is C14H20N2O. The first-order valence-electron chi connectivity index (χ1n) is 5.74. The molecule has 0 aromatic heterocycles. The minimum Gasteiger partial charge on any atom is -0.351 e. The highest BCUT2D eigenvalue weighted by atomic mass is 16.2. The highest BCUT2D eigenvalue weighted by molar-refractivity contribution is 5.87. The summed E-state index contributed by atoms with van der Waals surface area (Å²) in [5, 5.41) is 2.88. The summed E-state index contributed by atoms with van der Waals surface area (Å²) < 4.78 is 0. The summed E-state index contributed by atoms with van der Waals surface area (Å²) in [6.45, 7) is 7.30. The Morgan fingerprint density at radius 2 is 2.12 bits per heavy atom. The third kappa shape index (κ3) is 3.43. The monoisotopic (exact) mass is 232 g/mol. The summed E-state index contributed by atoms with van der Waals surface area (Å²) in [6, 6.07) is 9.42. The number of carbonyl (C=O) groups is 1. The van der Waals surface area contributed by atoms with Crippen LogP contribution in [0.15, 0.2) is 43.0 Å². The van der Waals surface area contributed by atoms with Gasteiger partial charge in [-0.15, -0.1) is 6.58 Å². The van der Waals surface area contributed by atoms with Crippen molar-refractivity contribution in [3.8, 4) is 0 Å². The van der Waals surface area contributed by atoms with E-state index in [-0.39, 0.29) is 11.9 Å². The van der Waals surface area contributed by atoms with Gasteiger partial charge in [-0.1, -0.05) is 36.4 Å². The molecule has 0 aliphatic heterocycles. The SMILES string of the molecule is C=CCC(C)NC(=O)C(C)(N)c1ccccc1. The second-order valence-corrected chi connectivity index (χ2v) is 4.47. The molecule has 0 aliphatic carbocycles. The maximum atomic E-state index is 12.1. The summed E-state index contributed by atoms with van der Waals surface area (Å²) >= 11 is 0. The van der Waals surface area contributed by atoms with Crippen LogP contribution < -0.4 is 11.1 Å². The minimum atomic E-state index is -1.00. The second kappa shape index (κ2) is 5.64. The topological polar surface area (TPSA) is 55.1 Å². The molecule has 1 aromatic rings. The van der Waals surface area contributed by atoms with E-state index in [4.69, 9.17) is 5.73 Å². The number of nitrogens with one attached hydrogen (secondary N) is 1. The second-order valence-electron chi connectivity index (χ2n) is 4.47. The number of hydrogen-bond acceptors (Lipinski definition) is 2. The standard InChI is InChI=1S/C14H20N2O/c1-4-8-11(2)16-13(17)14(3,15)12-9-6-5-7-10-12/h4-7,9-11H,1,8,15H2,2-3H3,(H,16,17). The fourth-order valence-corrected chi connectivity index (χ4v) is 1.60. The maximum absolute atomic E-state index is 12.1. The van der Waals surface area contributed by atoms with Crippen LogP contribution in [0.1, 0.15) is 25.8 Å². The van der Waals surface area contributed by atoms with E-state index >= 15 is 0 Å². The maximum Gasteiger partial charge on any atom is 0.244 e. The van der Waals surface area contributed by atoms with E-state index < -0.39 is 5.54 Å². The van der Waals surface area contributed by atoms with Crippen molar-refractivity contribution in [1.82, 2.24) is 5.32 Å². The molecule has 0 bridgehead atoms. The molecule has 0 saturated carbocycles. The van der Waals surface area contributed by atoms with E-state index in [1.165, 1.54) is 0 Å². The van der Waals surface area contributed by atoms with Crippen LogP contribution in [0.5, 0.6) is 0 Å². The van der Waals surface area contributed by atoms with Crippen LogP contribution in [0.25, 0.3) is 0 Å². The average Bonchev–Trinajstić information content (AvgIpc) is 2.30. The number of amides is 1. The Labute approximate surface area is 103 Å². The van der Waals surface area contributed by atoms with Crippen molar-refractivity contribution in [3.05, 3.63) is 48.6 Å². The van der Waals surface area contributed by atoms with Crippen LogP contribution >= 0.6 is 0 Å². The molecule has 0 aliphatic rings. The molecule has 0 spiro atoms. The van der Waals surface area contributed by atoms with Crippen molar-refractivity contribution in [2.75, 3.05) is 0 Å². The highest BCUT2D eigenvalue weighted by Crippen LogP contribution is 2.17. The molecule has 0 saturated heterocycles. The van der Waals surface area contributed by atoms with Crippen LogP contribution in [0, 0.1) is 0 Å². The van der Waals surface area contributed by atoms with Crippen LogP contribution in [0.2, 0.25) is 0 Å². The predicted octanol–water partition coefficient (Wildman–Crippen LogP) is 1.94. The van der Waals surface area contributed by atoms with E-state index in [1.807, 2.05) is 37.3 Å². The summed E-state index contributed by atoms with van der Waals surface area (Å²) in [6.07, 6.45) is 2.51. The molecule has 1 amide bonds. The Hall–Kier alpha value is -1.61. The molecule has 3 nitrogen and oxygen atoms in total. The molecule has 0 radical (unpaired) electrons. The third-order valence-corrected chi connectivity index (χ3v) is 2.74. The number of benzene rings is 1. The quantitative estimate of drug-likeness (QED) is 0.762. The smallest absolute Gasteiger partial charge is 0.244 e. The molecule has 2 unspecified atom stereocenters. The van der Waals surface area contributed by atoms with Gasteiger partial charge >= 0.3 is 0 Å². The first-order valence-corrected chi connectivity index (χ1v) is 5.74. The lowest BCUT2D eigenvalue weighted by Gasteiger charge is -2.26. The Morgan fingerprint density at radius 3 is 2.65 bits per heavy atom. The molecular weight excluding hydrogens is 212 g/mol. The lowest BCUT2D eigenvalue weighted by Crippen LogP contribution is -2.51. The van der Waals surface area contributed by atoms with E-state index in [2.05, 4.69) is 11.9 Å². The van der Waals surface area contributed by atoms with Crippen molar-refractivity contribution < 1.29 is 4.79 Å². The molecule has 1 aromatic carbocycles. The zero-order valence-electron chi connectivity index (χ0n) is 10.4. The summed E-state index contributed by atoms with van der Waals surface area (Å²) in [5.74, 6) is -0.168. The number of nitrogens with two attached hydrogens (primary N) is 1. The normalized spacial score (nSPS) is 15.7. The lowest BCUT2D eigenvalue weighted by molar-refractivity contribution is -0.126. The summed E-state index contributed by atoms with van der Waals surface area (Å²) in [7, 11) is 0. The van der Waals surface area contributed by atoms with Gasteiger partial charge < -0.3 is 11.1 Å². The molecule has 17 heavy (non-hydrogen) atoms. The first-order chi connectivity index (χ1) is 7.98. The van der Waals surface area contributed by atoms with Crippen molar-refractivity contribution in [3.63, 3.8) is 0 Å². The Kier molecular flexibility index (Phi) is 4.46. The molecule has 92 valence electrons. The van der Waals surface area contributed by atoms with Gasteiger partial charge in [0.05, 0.1) is 0 Å². The fourth-order valence-electron chi connectivity index (χ4n) is 1.60. The van der Waals surface area contributed by atoms with Gasteiger partial charge in [0.15, 0.2) is 0 Å². The van der Waals surface area contributed by atoms with Gasteiger partial charge in [-0.2, -0.15) is 0 Å². The van der Waals surface area contributed by atoms with E-state index in [0.717, 1.165) is 12.0 Å². The number of hydrogen-bond donors (Lipinski definition) is 2. The van der Waals surface area contributed by atoms with E-state index in [1.54, 1.807) is 13.0 Å². The van der Waals surface area contributed by atoms with Crippen molar-refractivity contribution in [1.29, 1.82) is 0 Å². The van der Waals surface area contributed by atoms with Crippen molar-refractivity contribution in [2.45, 2.75) is 31.8 Å². The number of rotatable bonds is 5. The highest BCUT2D eigenvalue weighted by Gasteiger charge is 2.30. The number of carbonyl (C=O) groups excluding carboxylic acids is 1. The molecule has 0 heterocycles. The van der Waals surface area contributed by atoms with Gasteiger partial charge in [0.2, 0.25) is 5.91 Å². The van der Waals surface area contributed by atoms with Gasteiger partial charge in [0.1, 0.15) is 5.54 Å². The molecule has 0 fully saturated rings. The Morgan fingerprint density at radius 1 is 1.53 bits per heavy atom. The van der Waals surface area contributed by atoms with E-state index in [9.17, 15) is 4.79 Å². The Bertz CT molecular complexity index is 384. The van der Waals surface area contributed by atoms with Gasteiger partial charge in [-0.25, -0.2) is 0 Å². The molecule has 3 heteroatoms. The van der Waals surface area contributed by atoms with Crippen LogP contribution in [0.4, 0.5) is 0 Å². The Balaban J connectivity index is 2.77. The molecule has 3 N–H and O–H groups in total. The summed E-state index contributed by atoms with van der Waals surface area (Å²) in [5.41, 5.74) is 5.89. The van der Waals surface area contributed by atoms with Gasteiger partial charge in [-0.3, -0.25) is 4.79 Å². The summed E-state index contributed by atoms with van der Waals surface area (Å²) in [4.78, 5) is 12.1. The van der Waals surface area contributed by atoms with Gasteiger partial charge in [-0.05, 0) is 25.8 Å². The van der Waals surface area contributed by atoms with Crippen LogP contribution in [-0.2, 0) is 10.3 Å². The lowest BCUT2D eigenvalue weighted by atomic mass is 9.92. The first kappa shape index (κ1) is 13.5.